The van der Waals surface area contributed by atoms with Gasteiger partial charge < -0.3 is 5.11 Å². The molecule has 0 saturated carbocycles. The number of aliphatic hydroxyl groups excluding tert-OH is 1. The molecular formula is C13H17BrClNO. The first-order valence-corrected chi connectivity index (χ1v) is 7.13. The molecule has 0 atom stereocenters. The molecular weight excluding hydrogens is 302 g/mol. The van der Waals surface area contributed by atoms with Crippen molar-refractivity contribution in [2.75, 3.05) is 19.7 Å². The van der Waals surface area contributed by atoms with E-state index in [4.69, 9.17) is 16.7 Å². The number of likely N-dealkylation sites (tertiary alicyclic amines) is 1. The van der Waals surface area contributed by atoms with Gasteiger partial charge in [-0.1, -0.05) is 33.6 Å². The molecule has 0 spiro atoms. The van der Waals surface area contributed by atoms with Gasteiger partial charge in [-0.05, 0) is 49.5 Å². The molecule has 1 aromatic rings. The number of hydrogen-bond acceptors (Lipinski definition) is 2. The molecule has 1 aliphatic heterocycles. The first-order chi connectivity index (χ1) is 8.19. The summed E-state index contributed by atoms with van der Waals surface area (Å²) >= 11 is 9.62. The van der Waals surface area contributed by atoms with Gasteiger partial charge in [0.15, 0.2) is 0 Å². The molecule has 0 aliphatic carbocycles. The van der Waals surface area contributed by atoms with Crippen molar-refractivity contribution in [2.45, 2.75) is 19.4 Å². The highest BCUT2D eigenvalue weighted by atomic mass is 79.9. The van der Waals surface area contributed by atoms with Gasteiger partial charge >= 0.3 is 0 Å². The van der Waals surface area contributed by atoms with Gasteiger partial charge in [-0.15, -0.1) is 0 Å². The predicted octanol–water partition coefficient (Wildman–Crippen LogP) is 3.31. The summed E-state index contributed by atoms with van der Waals surface area (Å²) in [7, 11) is 0. The van der Waals surface area contributed by atoms with Crippen molar-refractivity contribution in [3.8, 4) is 0 Å². The van der Waals surface area contributed by atoms with E-state index in [-0.39, 0.29) is 0 Å². The van der Waals surface area contributed by atoms with Crippen LogP contribution in [-0.2, 0) is 6.54 Å². The van der Waals surface area contributed by atoms with Crippen LogP contribution < -0.4 is 0 Å². The van der Waals surface area contributed by atoms with Gasteiger partial charge in [-0.3, -0.25) is 4.90 Å². The maximum Gasteiger partial charge on any atom is 0.0462 e. The first kappa shape index (κ1) is 13.3. The van der Waals surface area contributed by atoms with Crippen molar-refractivity contribution >= 4 is 27.5 Å². The van der Waals surface area contributed by atoms with Crippen LogP contribution in [0.3, 0.4) is 0 Å². The molecule has 0 aromatic heterocycles. The normalized spacial score (nSPS) is 18.5. The summed E-state index contributed by atoms with van der Waals surface area (Å²) in [4.78, 5) is 2.40. The van der Waals surface area contributed by atoms with Crippen LogP contribution in [0.1, 0.15) is 18.4 Å². The van der Waals surface area contributed by atoms with E-state index in [2.05, 4.69) is 26.9 Å². The smallest absolute Gasteiger partial charge is 0.0462 e. The van der Waals surface area contributed by atoms with Crippen LogP contribution in [0.2, 0.25) is 5.02 Å². The molecule has 17 heavy (non-hydrogen) atoms. The van der Waals surface area contributed by atoms with E-state index in [9.17, 15) is 0 Å². The number of piperidine rings is 1. The highest BCUT2D eigenvalue weighted by Crippen LogP contribution is 2.24. The monoisotopic (exact) mass is 317 g/mol. The zero-order valence-electron chi connectivity index (χ0n) is 9.70. The molecule has 0 radical (unpaired) electrons. The summed E-state index contributed by atoms with van der Waals surface area (Å²) in [6, 6.07) is 6.05. The van der Waals surface area contributed by atoms with Crippen molar-refractivity contribution < 1.29 is 5.11 Å². The van der Waals surface area contributed by atoms with Gasteiger partial charge in [0, 0.05) is 22.6 Å². The average Bonchev–Trinajstić information content (AvgIpc) is 2.34. The summed E-state index contributed by atoms with van der Waals surface area (Å²) in [6.45, 7) is 3.34. The fraction of sp³-hybridized carbons (Fsp3) is 0.538. The fourth-order valence-corrected chi connectivity index (χ4v) is 2.95. The van der Waals surface area contributed by atoms with Crippen molar-refractivity contribution in [3.05, 3.63) is 33.3 Å². The lowest BCUT2D eigenvalue weighted by Gasteiger charge is -2.31. The Morgan fingerprint density at radius 2 is 2.06 bits per heavy atom. The Hall–Kier alpha value is -0.0900. The van der Waals surface area contributed by atoms with Gasteiger partial charge in [0.1, 0.15) is 0 Å². The topological polar surface area (TPSA) is 23.5 Å². The number of nitrogens with zero attached hydrogens (tertiary/aromatic N) is 1. The number of rotatable bonds is 3. The highest BCUT2D eigenvalue weighted by molar-refractivity contribution is 9.10. The molecule has 2 rings (SSSR count). The van der Waals surface area contributed by atoms with Crippen LogP contribution in [0.5, 0.6) is 0 Å². The Kier molecular flexibility index (Phi) is 4.86. The summed E-state index contributed by atoms with van der Waals surface area (Å²) in [5.74, 6) is 0.492. The Morgan fingerprint density at radius 3 is 2.65 bits per heavy atom. The third-order valence-corrected chi connectivity index (χ3v) is 4.22. The van der Waals surface area contributed by atoms with E-state index >= 15 is 0 Å². The van der Waals surface area contributed by atoms with Crippen LogP contribution >= 0.6 is 27.5 Å². The molecule has 0 bridgehead atoms. The lowest BCUT2D eigenvalue weighted by molar-refractivity contribution is 0.127. The molecule has 0 amide bonds. The van der Waals surface area contributed by atoms with Crippen molar-refractivity contribution in [3.63, 3.8) is 0 Å². The second kappa shape index (κ2) is 6.19. The number of aliphatic hydroxyl groups is 1. The molecule has 1 aliphatic rings. The van der Waals surface area contributed by atoms with Crippen molar-refractivity contribution in [1.82, 2.24) is 4.90 Å². The van der Waals surface area contributed by atoms with Gasteiger partial charge in [0.2, 0.25) is 0 Å². The van der Waals surface area contributed by atoms with E-state index in [0.717, 1.165) is 42.0 Å². The lowest BCUT2D eigenvalue weighted by Crippen LogP contribution is -2.34. The molecule has 0 unspecified atom stereocenters. The zero-order valence-corrected chi connectivity index (χ0v) is 12.0. The minimum Gasteiger partial charge on any atom is -0.396 e. The molecule has 1 heterocycles. The van der Waals surface area contributed by atoms with Gasteiger partial charge in [0.25, 0.3) is 0 Å². The van der Waals surface area contributed by atoms with E-state index < -0.39 is 0 Å². The van der Waals surface area contributed by atoms with Gasteiger partial charge in [0.05, 0.1) is 0 Å². The SMILES string of the molecule is OCC1CCN(Cc2ccc(Br)cc2Cl)CC1. The summed E-state index contributed by atoms with van der Waals surface area (Å²) < 4.78 is 1.02. The quantitative estimate of drug-likeness (QED) is 0.924. The van der Waals surface area contributed by atoms with Crippen LogP contribution in [-0.4, -0.2) is 29.7 Å². The van der Waals surface area contributed by atoms with Crippen LogP contribution in [0, 0.1) is 5.92 Å². The third kappa shape index (κ3) is 3.68. The van der Waals surface area contributed by atoms with Crippen LogP contribution in [0.4, 0.5) is 0 Å². The number of halogens is 2. The van der Waals surface area contributed by atoms with E-state index in [1.165, 1.54) is 5.56 Å². The number of benzene rings is 1. The maximum atomic E-state index is 9.10. The highest BCUT2D eigenvalue weighted by Gasteiger charge is 2.18. The van der Waals surface area contributed by atoms with E-state index in [1.54, 1.807) is 0 Å². The summed E-state index contributed by atoms with van der Waals surface area (Å²) in [6.07, 6.45) is 2.18. The van der Waals surface area contributed by atoms with Crippen LogP contribution in [0.25, 0.3) is 0 Å². The molecule has 2 nitrogen and oxygen atoms in total. The van der Waals surface area contributed by atoms with Crippen molar-refractivity contribution in [1.29, 1.82) is 0 Å². The predicted molar refractivity (Wildman–Crippen MR) is 74.2 cm³/mol. The van der Waals surface area contributed by atoms with Gasteiger partial charge in [-0.2, -0.15) is 0 Å². The zero-order chi connectivity index (χ0) is 12.3. The Labute approximate surface area is 116 Å². The van der Waals surface area contributed by atoms with Gasteiger partial charge in [-0.25, -0.2) is 0 Å². The first-order valence-electron chi connectivity index (χ1n) is 5.96. The standard InChI is InChI=1S/C13H17BrClNO/c14-12-2-1-11(13(15)7-12)8-16-5-3-10(9-17)4-6-16/h1-2,7,10,17H,3-6,8-9H2. The molecule has 4 heteroatoms. The maximum absolute atomic E-state index is 9.10. The molecule has 1 fully saturated rings. The lowest BCUT2D eigenvalue weighted by atomic mass is 9.97. The third-order valence-electron chi connectivity index (χ3n) is 3.37. The molecule has 1 N–H and O–H groups in total. The van der Waals surface area contributed by atoms with E-state index in [0.29, 0.717) is 12.5 Å². The summed E-state index contributed by atoms with van der Waals surface area (Å²) in [5, 5.41) is 9.92. The Morgan fingerprint density at radius 1 is 1.35 bits per heavy atom. The molecule has 1 saturated heterocycles. The van der Waals surface area contributed by atoms with Crippen molar-refractivity contribution in [2.24, 2.45) is 5.92 Å². The average molecular weight is 319 g/mol. The minimum atomic E-state index is 0.326. The minimum absolute atomic E-state index is 0.326. The Bertz CT molecular complexity index is 378. The fourth-order valence-electron chi connectivity index (χ4n) is 2.22. The molecule has 1 aromatic carbocycles. The molecule has 94 valence electrons. The second-order valence-electron chi connectivity index (χ2n) is 4.64. The Balaban J connectivity index is 1.93. The van der Waals surface area contributed by atoms with E-state index in [1.807, 2.05) is 12.1 Å². The largest absolute Gasteiger partial charge is 0.396 e. The number of hydrogen-bond donors (Lipinski definition) is 1. The summed E-state index contributed by atoms with van der Waals surface area (Å²) in [5.41, 5.74) is 1.18. The van der Waals surface area contributed by atoms with Crippen LogP contribution in [0.15, 0.2) is 22.7 Å². The second-order valence-corrected chi connectivity index (χ2v) is 5.96.